The summed E-state index contributed by atoms with van der Waals surface area (Å²) >= 11 is -4.29. The topological polar surface area (TPSA) is 105 Å². The number of halogens is 1. The molecule has 1 aromatic carbocycles. The van der Waals surface area contributed by atoms with E-state index in [1.54, 1.807) is 18.2 Å². The molecule has 0 bridgehead atoms. The van der Waals surface area contributed by atoms with Crippen molar-refractivity contribution in [2.24, 2.45) is 0 Å². The Balaban J connectivity index is 0.000000463. The molecule has 1 aliphatic rings. The van der Waals surface area contributed by atoms with E-state index in [4.69, 9.17) is 9.20 Å². The molecular formula is C14H16IO8-. The Labute approximate surface area is 138 Å². The minimum Gasteiger partial charge on any atom is -0.469 e. The molecule has 0 aliphatic carbocycles. The monoisotopic (exact) mass is 439 g/mol. The first kappa shape index (κ1) is 18.9. The van der Waals surface area contributed by atoms with Gasteiger partial charge in [-0.25, -0.2) is 0 Å². The molecule has 0 unspecified atom stereocenters. The number of esters is 1. The molecule has 0 saturated carbocycles. The molecule has 1 aromatic rings. The van der Waals surface area contributed by atoms with Crippen molar-refractivity contribution in [3.8, 4) is 0 Å². The van der Waals surface area contributed by atoms with E-state index in [0.29, 0.717) is 3.57 Å². The number of ether oxygens (including phenoxy) is 1. The van der Waals surface area contributed by atoms with Crippen LogP contribution in [0.25, 0.3) is 0 Å². The second kappa shape index (κ2) is 7.90. The van der Waals surface area contributed by atoms with Crippen molar-refractivity contribution in [2.45, 2.75) is 20.8 Å². The van der Waals surface area contributed by atoms with Gasteiger partial charge in [0.05, 0.1) is 7.11 Å². The Morgan fingerprint density at radius 3 is 1.87 bits per heavy atom. The van der Waals surface area contributed by atoms with Crippen molar-refractivity contribution < 1.29 is 52.8 Å². The smallest absolute Gasteiger partial charge is 0.302 e. The molecule has 0 spiro atoms. The zero-order chi connectivity index (χ0) is 17.6. The summed E-state index contributed by atoms with van der Waals surface area (Å²) in [5.41, 5.74) is 0.274. The Morgan fingerprint density at radius 2 is 1.43 bits per heavy atom. The fourth-order valence-corrected chi connectivity index (χ4v) is 6.56. The van der Waals surface area contributed by atoms with Crippen LogP contribution in [-0.4, -0.2) is 31.0 Å². The number of carbonyl (C=O) groups is 4. The predicted molar refractivity (Wildman–Crippen MR) is 71.8 cm³/mol. The van der Waals surface area contributed by atoms with Crippen LogP contribution >= 0.6 is 0 Å². The standard InChI is InChI=1S/C11H10IO6.C3H6O2/c1-7(13)16-12(17-8(2)14)10-6-4-3-5-9(10)11(15)18-12;1-3(4)5-2/h3-6H,1-2H3;1-2H3/q-1;. The summed E-state index contributed by atoms with van der Waals surface area (Å²) in [7, 11) is 1.35. The van der Waals surface area contributed by atoms with Gasteiger partial charge in [-0.1, -0.05) is 0 Å². The SMILES string of the molecule is CC(=O)O[I-]1(OC(C)=O)OC(=O)c2ccccc21.COC(C)=O. The van der Waals surface area contributed by atoms with Gasteiger partial charge < -0.3 is 4.74 Å². The van der Waals surface area contributed by atoms with Gasteiger partial charge in [-0.2, -0.15) is 0 Å². The number of benzene rings is 1. The second-order valence-electron chi connectivity index (χ2n) is 4.10. The number of fused-ring (bicyclic) bond motifs is 1. The average molecular weight is 439 g/mol. The van der Waals surface area contributed by atoms with Crippen molar-refractivity contribution >= 4 is 23.9 Å². The summed E-state index contributed by atoms with van der Waals surface area (Å²) in [6, 6.07) is 6.42. The molecule has 0 saturated heterocycles. The molecule has 0 fully saturated rings. The van der Waals surface area contributed by atoms with Gasteiger partial charge in [-0.05, 0) is 0 Å². The van der Waals surface area contributed by atoms with Crippen molar-refractivity contribution in [2.75, 3.05) is 7.11 Å². The quantitative estimate of drug-likeness (QED) is 0.394. The maximum atomic E-state index is 11.7. The summed E-state index contributed by atoms with van der Waals surface area (Å²) in [5, 5.41) is 0. The fraction of sp³-hybridized carbons (Fsp3) is 0.286. The van der Waals surface area contributed by atoms with Gasteiger partial charge in [-0.15, -0.1) is 0 Å². The third-order valence-corrected chi connectivity index (χ3v) is 7.97. The van der Waals surface area contributed by atoms with Gasteiger partial charge in [0.2, 0.25) is 0 Å². The van der Waals surface area contributed by atoms with E-state index < -0.39 is 37.6 Å². The van der Waals surface area contributed by atoms with Crippen molar-refractivity contribution in [1.82, 2.24) is 0 Å². The number of carbonyl (C=O) groups excluding carboxylic acids is 4. The molecule has 23 heavy (non-hydrogen) atoms. The molecule has 0 amide bonds. The molecule has 0 radical (unpaired) electrons. The van der Waals surface area contributed by atoms with Crippen LogP contribution in [0, 0.1) is 3.57 Å². The summed E-state index contributed by atoms with van der Waals surface area (Å²) < 4.78 is 19.7. The van der Waals surface area contributed by atoms with Gasteiger partial charge in [0.15, 0.2) is 0 Å². The molecule has 1 heterocycles. The van der Waals surface area contributed by atoms with Crippen LogP contribution < -0.4 is 19.7 Å². The third kappa shape index (κ3) is 4.91. The van der Waals surface area contributed by atoms with Gasteiger partial charge in [0.1, 0.15) is 0 Å². The van der Waals surface area contributed by atoms with Gasteiger partial charge >= 0.3 is 114 Å². The Bertz CT molecular complexity index is 618. The van der Waals surface area contributed by atoms with E-state index in [2.05, 4.69) is 4.74 Å². The van der Waals surface area contributed by atoms with Crippen LogP contribution in [0.2, 0.25) is 0 Å². The van der Waals surface area contributed by atoms with E-state index in [1.165, 1.54) is 33.9 Å². The van der Waals surface area contributed by atoms with Crippen LogP contribution in [0.3, 0.4) is 0 Å². The normalized spacial score (nSPS) is 15.0. The summed E-state index contributed by atoms with van der Waals surface area (Å²) in [5.74, 6) is -2.19. The molecule has 2 rings (SSSR count). The molecule has 1 aliphatic heterocycles. The first-order valence-corrected chi connectivity index (χ1v) is 9.99. The van der Waals surface area contributed by atoms with Crippen molar-refractivity contribution in [3.05, 3.63) is 33.4 Å². The van der Waals surface area contributed by atoms with Crippen molar-refractivity contribution in [1.29, 1.82) is 0 Å². The average Bonchev–Trinajstić information content (AvgIpc) is 2.71. The van der Waals surface area contributed by atoms with Crippen molar-refractivity contribution in [3.63, 3.8) is 0 Å². The minimum absolute atomic E-state index is 0.245. The maximum Gasteiger partial charge on any atom is 0.302 e. The first-order valence-electron chi connectivity index (χ1n) is 6.27. The summed E-state index contributed by atoms with van der Waals surface area (Å²) in [4.78, 5) is 43.6. The molecular weight excluding hydrogens is 423 g/mol. The molecule has 9 heteroatoms. The molecule has 0 atom stereocenters. The largest absolute Gasteiger partial charge is 0.469 e. The van der Waals surface area contributed by atoms with E-state index in [-0.39, 0.29) is 11.5 Å². The van der Waals surface area contributed by atoms with Crippen LogP contribution in [0.15, 0.2) is 24.3 Å². The van der Waals surface area contributed by atoms with Crippen LogP contribution in [0.5, 0.6) is 0 Å². The zero-order valence-electron chi connectivity index (χ0n) is 13.0. The second-order valence-corrected chi connectivity index (χ2v) is 8.98. The Morgan fingerprint density at radius 1 is 0.957 bits per heavy atom. The minimum atomic E-state index is -4.29. The van der Waals surface area contributed by atoms with Crippen LogP contribution in [-0.2, 0) is 28.3 Å². The van der Waals surface area contributed by atoms with E-state index in [9.17, 15) is 19.2 Å². The number of hydrogen-bond acceptors (Lipinski definition) is 8. The Hall–Kier alpha value is -2.17. The van der Waals surface area contributed by atoms with Gasteiger partial charge in [0, 0.05) is 6.92 Å². The molecule has 8 nitrogen and oxygen atoms in total. The fourth-order valence-electron chi connectivity index (χ4n) is 1.42. The molecule has 0 aromatic heterocycles. The van der Waals surface area contributed by atoms with Gasteiger partial charge in [0.25, 0.3) is 0 Å². The zero-order valence-corrected chi connectivity index (χ0v) is 15.1. The number of rotatable bonds is 2. The van der Waals surface area contributed by atoms with E-state index in [0.717, 1.165) is 0 Å². The predicted octanol–water partition coefficient (Wildman–Crippen LogP) is -1.76. The third-order valence-electron chi connectivity index (χ3n) is 2.22. The van der Waals surface area contributed by atoms with E-state index >= 15 is 0 Å². The summed E-state index contributed by atoms with van der Waals surface area (Å²) in [6.45, 7) is 3.70. The first-order chi connectivity index (χ1) is 10.7. The van der Waals surface area contributed by atoms with Crippen LogP contribution in [0.1, 0.15) is 31.1 Å². The maximum absolute atomic E-state index is 11.7. The Kier molecular flexibility index (Phi) is 6.49. The molecule has 0 N–H and O–H groups in total. The van der Waals surface area contributed by atoms with E-state index in [1.807, 2.05) is 0 Å². The number of hydrogen-bond donors (Lipinski definition) is 0. The van der Waals surface area contributed by atoms with Crippen LogP contribution in [0.4, 0.5) is 0 Å². The molecule has 128 valence electrons. The van der Waals surface area contributed by atoms with Gasteiger partial charge in [-0.3, -0.25) is 4.79 Å². The summed E-state index contributed by atoms with van der Waals surface area (Å²) in [6.07, 6.45) is 0. The number of methoxy groups -OCH3 is 1.